The predicted molar refractivity (Wildman–Crippen MR) is 145 cm³/mol. The Morgan fingerprint density at radius 2 is 1.97 bits per heavy atom. The second-order valence-electron chi connectivity index (χ2n) is 10.4. The normalized spacial score (nSPS) is 24.4. The first-order valence-corrected chi connectivity index (χ1v) is 13.4. The largest absolute Gasteiger partial charge is 0.467 e. The van der Waals surface area contributed by atoms with Crippen LogP contribution < -0.4 is 14.4 Å². The monoisotopic (exact) mass is 525 g/mol. The Hall–Kier alpha value is -2.44. The van der Waals surface area contributed by atoms with E-state index in [1.54, 1.807) is 14.2 Å². The summed E-state index contributed by atoms with van der Waals surface area (Å²) in [6.45, 7) is 7.49. The highest BCUT2D eigenvalue weighted by Gasteiger charge is 2.51. The standard InChI is InChI=1S/C26H35N7O3S/c1-17-10-19-14-27-33(22(19)11-21(17)18-4-6-31(7-5-18)8-9-34-2)24-12-23(28-25(29-24)35-3)32-16-26(30-37)13-20(32)15-36-26/h10-12,14,18,20,30,37H,4-9,13,15-16H2,1-3H3. The number of piperidine rings is 1. The van der Waals surface area contributed by atoms with Crippen LogP contribution in [0, 0.1) is 6.92 Å². The van der Waals surface area contributed by atoms with Gasteiger partial charge in [0.2, 0.25) is 0 Å². The molecule has 10 nitrogen and oxygen atoms in total. The average Bonchev–Trinajstić information content (AvgIpc) is 3.65. The maximum atomic E-state index is 5.93. The van der Waals surface area contributed by atoms with E-state index in [2.05, 4.69) is 56.4 Å². The minimum atomic E-state index is -0.448. The van der Waals surface area contributed by atoms with E-state index in [9.17, 15) is 0 Å². The lowest BCUT2D eigenvalue weighted by Crippen LogP contribution is -2.48. The second-order valence-corrected chi connectivity index (χ2v) is 10.6. The molecule has 2 atom stereocenters. The van der Waals surface area contributed by atoms with Crippen LogP contribution in [-0.4, -0.2) is 90.0 Å². The molecule has 0 saturated carbocycles. The predicted octanol–water partition coefficient (Wildman–Crippen LogP) is 2.70. The topological polar surface area (TPSA) is 89.8 Å². The molecule has 2 bridgehead atoms. The van der Waals surface area contributed by atoms with E-state index in [0.717, 1.165) is 62.2 Å². The summed E-state index contributed by atoms with van der Waals surface area (Å²) in [5.41, 5.74) is 3.32. The van der Waals surface area contributed by atoms with Crippen LogP contribution in [0.15, 0.2) is 24.4 Å². The third-order valence-corrected chi connectivity index (χ3v) is 8.56. The molecule has 3 saturated heterocycles. The fourth-order valence-corrected chi connectivity index (χ4v) is 6.34. The average molecular weight is 526 g/mol. The van der Waals surface area contributed by atoms with Gasteiger partial charge in [-0.15, -0.1) is 0 Å². The van der Waals surface area contributed by atoms with Crippen molar-refractivity contribution in [3.8, 4) is 11.8 Å². The molecule has 2 aromatic heterocycles. The molecule has 0 radical (unpaired) electrons. The third kappa shape index (κ3) is 4.57. The SMILES string of the molecule is COCCN1CCC(c2cc3c(cnn3-c3cc(N4CC5(NS)CC4CO5)nc(OC)n3)cc2C)CC1. The Kier molecular flexibility index (Phi) is 6.74. The third-order valence-electron chi connectivity index (χ3n) is 8.15. The molecule has 198 valence electrons. The number of methoxy groups -OCH3 is 2. The van der Waals surface area contributed by atoms with Gasteiger partial charge in [-0.3, -0.25) is 0 Å². The quantitative estimate of drug-likeness (QED) is 0.431. The van der Waals surface area contributed by atoms with Crippen LogP contribution in [0.4, 0.5) is 5.82 Å². The summed E-state index contributed by atoms with van der Waals surface area (Å²) in [6, 6.07) is 7.11. The van der Waals surface area contributed by atoms with Gasteiger partial charge in [0.1, 0.15) is 11.5 Å². The summed E-state index contributed by atoms with van der Waals surface area (Å²) in [7, 11) is 3.37. The zero-order chi connectivity index (χ0) is 25.6. The fraction of sp³-hybridized carbons (Fsp3) is 0.577. The number of aromatic nitrogens is 4. The summed E-state index contributed by atoms with van der Waals surface area (Å²) >= 11 is 4.31. The first-order chi connectivity index (χ1) is 18.0. The van der Waals surface area contributed by atoms with Crippen molar-refractivity contribution in [3.05, 3.63) is 35.5 Å². The van der Waals surface area contributed by atoms with Gasteiger partial charge in [-0.05, 0) is 62.0 Å². The Labute approximate surface area is 222 Å². The van der Waals surface area contributed by atoms with Gasteiger partial charge in [0, 0.05) is 31.5 Å². The lowest BCUT2D eigenvalue weighted by molar-refractivity contribution is -0.00443. The maximum absolute atomic E-state index is 5.93. The van der Waals surface area contributed by atoms with Crippen molar-refractivity contribution in [2.24, 2.45) is 0 Å². The number of ether oxygens (including phenoxy) is 3. The van der Waals surface area contributed by atoms with Crippen molar-refractivity contribution in [3.63, 3.8) is 0 Å². The van der Waals surface area contributed by atoms with E-state index < -0.39 is 5.72 Å². The molecule has 3 aliphatic heterocycles. The van der Waals surface area contributed by atoms with Crippen molar-refractivity contribution >= 4 is 29.5 Å². The van der Waals surface area contributed by atoms with E-state index in [-0.39, 0.29) is 6.04 Å². The van der Waals surface area contributed by atoms with E-state index >= 15 is 0 Å². The summed E-state index contributed by atoms with van der Waals surface area (Å²) in [5, 5.41) is 5.84. The molecule has 5 heterocycles. The highest BCUT2D eigenvalue weighted by atomic mass is 32.1. The van der Waals surface area contributed by atoms with Gasteiger partial charge < -0.3 is 24.0 Å². The second kappa shape index (κ2) is 10.0. The molecule has 11 heteroatoms. The number of likely N-dealkylation sites (tertiary alicyclic amines) is 1. The minimum absolute atomic E-state index is 0.227. The number of rotatable bonds is 8. The number of hydrogen-bond donors (Lipinski definition) is 2. The minimum Gasteiger partial charge on any atom is -0.467 e. The van der Waals surface area contributed by atoms with Crippen molar-refractivity contribution < 1.29 is 14.2 Å². The van der Waals surface area contributed by atoms with Gasteiger partial charge in [-0.25, -0.2) is 9.40 Å². The first-order valence-electron chi connectivity index (χ1n) is 13.0. The van der Waals surface area contributed by atoms with Crippen molar-refractivity contribution in [2.45, 2.75) is 43.9 Å². The maximum Gasteiger partial charge on any atom is 0.320 e. The summed E-state index contributed by atoms with van der Waals surface area (Å²) < 4.78 is 21.7. The molecule has 0 amide bonds. The number of anilines is 1. The zero-order valence-corrected chi connectivity index (χ0v) is 22.6. The number of benzene rings is 1. The molecular formula is C26H35N7O3S. The summed E-state index contributed by atoms with van der Waals surface area (Å²) in [4.78, 5) is 14.1. The van der Waals surface area contributed by atoms with Gasteiger partial charge in [-0.2, -0.15) is 15.1 Å². The van der Waals surface area contributed by atoms with Crippen molar-refractivity contribution in [2.75, 3.05) is 58.5 Å². The molecule has 3 aromatic rings. The molecule has 6 rings (SSSR count). The molecule has 37 heavy (non-hydrogen) atoms. The Morgan fingerprint density at radius 1 is 1.16 bits per heavy atom. The Bertz CT molecular complexity index is 1280. The van der Waals surface area contributed by atoms with Crippen molar-refractivity contribution in [1.29, 1.82) is 0 Å². The van der Waals surface area contributed by atoms with E-state index in [0.29, 0.717) is 30.9 Å². The molecule has 1 aromatic carbocycles. The van der Waals surface area contributed by atoms with Gasteiger partial charge in [0.25, 0.3) is 0 Å². The van der Waals surface area contributed by atoms with Crippen LogP contribution >= 0.6 is 12.8 Å². The summed E-state index contributed by atoms with van der Waals surface area (Å²) in [6.07, 6.45) is 5.07. The van der Waals surface area contributed by atoms with Crippen LogP contribution in [-0.2, 0) is 9.47 Å². The number of aryl methyl sites for hydroxylation is 1. The van der Waals surface area contributed by atoms with E-state index in [1.165, 1.54) is 11.1 Å². The molecule has 0 aliphatic carbocycles. The van der Waals surface area contributed by atoms with Crippen LogP contribution in [0.3, 0.4) is 0 Å². The number of morpholine rings is 1. The molecule has 3 fully saturated rings. The van der Waals surface area contributed by atoms with Crippen LogP contribution in [0.5, 0.6) is 6.01 Å². The first kappa shape index (κ1) is 24.9. The lowest BCUT2D eigenvalue weighted by Gasteiger charge is -2.33. The smallest absolute Gasteiger partial charge is 0.320 e. The fourth-order valence-electron chi connectivity index (χ4n) is 6.11. The zero-order valence-electron chi connectivity index (χ0n) is 21.7. The number of hydrogen-bond acceptors (Lipinski definition) is 10. The molecule has 3 aliphatic rings. The van der Waals surface area contributed by atoms with Gasteiger partial charge >= 0.3 is 6.01 Å². The summed E-state index contributed by atoms with van der Waals surface area (Å²) in [5.74, 6) is 2.03. The van der Waals surface area contributed by atoms with Crippen LogP contribution in [0.1, 0.15) is 36.3 Å². The number of nitrogens with zero attached hydrogens (tertiary/aromatic N) is 6. The molecule has 1 N–H and O–H groups in total. The van der Waals surface area contributed by atoms with Gasteiger partial charge in [0.05, 0.1) is 44.6 Å². The molecule has 0 spiro atoms. The lowest BCUT2D eigenvalue weighted by atomic mass is 9.86. The van der Waals surface area contributed by atoms with Crippen LogP contribution in [0.25, 0.3) is 16.7 Å². The highest BCUT2D eigenvalue weighted by Crippen LogP contribution is 2.39. The van der Waals surface area contributed by atoms with E-state index in [4.69, 9.17) is 19.3 Å². The molecular weight excluding hydrogens is 490 g/mol. The Morgan fingerprint density at radius 3 is 2.70 bits per heavy atom. The van der Waals surface area contributed by atoms with Gasteiger partial charge in [-0.1, -0.05) is 12.8 Å². The molecule has 2 unspecified atom stereocenters. The highest BCUT2D eigenvalue weighted by molar-refractivity contribution is 7.78. The number of nitrogens with one attached hydrogen (secondary N) is 1. The van der Waals surface area contributed by atoms with E-state index in [1.807, 2.05) is 16.9 Å². The number of thiol groups is 1. The Balaban J connectivity index is 1.32. The van der Waals surface area contributed by atoms with Crippen molar-refractivity contribution in [1.82, 2.24) is 29.4 Å². The number of fused-ring (bicyclic) bond motifs is 3. The van der Waals surface area contributed by atoms with Gasteiger partial charge in [0.15, 0.2) is 5.82 Å². The van der Waals surface area contributed by atoms with Crippen LogP contribution in [0.2, 0.25) is 0 Å².